The molecule has 0 atom stereocenters. The van der Waals surface area contributed by atoms with Crippen molar-refractivity contribution >= 4 is 22.8 Å². The summed E-state index contributed by atoms with van der Waals surface area (Å²) in [5.74, 6) is 0.610. The molecule has 0 N–H and O–H groups in total. The number of imidazole rings is 1. The number of thioether (sulfide) groups is 1. The minimum Gasteiger partial charge on any atom is -0.277 e. The van der Waals surface area contributed by atoms with Gasteiger partial charge in [0.1, 0.15) is 17.2 Å². The van der Waals surface area contributed by atoms with Crippen molar-refractivity contribution in [3.63, 3.8) is 0 Å². The second-order valence-electron chi connectivity index (χ2n) is 4.00. The van der Waals surface area contributed by atoms with E-state index >= 15 is 0 Å². The van der Waals surface area contributed by atoms with Crippen LogP contribution in [0.1, 0.15) is 12.4 Å². The van der Waals surface area contributed by atoms with E-state index in [2.05, 4.69) is 20.1 Å². The summed E-state index contributed by atoms with van der Waals surface area (Å²) < 4.78 is 27.9. The largest absolute Gasteiger partial charge is 0.319 e. The van der Waals surface area contributed by atoms with E-state index in [0.29, 0.717) is 22.3 Å². The summed E-state index contributed by atoms with van der Waals surface area (Å²) in [5.41, 5.74) is 0.708. The summed E-state index contributed by atoms with van der Waals surface area (Å²) in [6, 6.07) is 0. The van der Waals surface area contributed by atoms with Crippen molar-refractivity contribution in [2.45, 2.75) is 17.3 Å². The number of aryl methyl sites for hydroxylation is 1. The fourth-order valence-electron chi connectivity index (χ4n) is 1.82. The molecule has 3 rings (SSSR count). The highest BCUT2D eigenvalue weighted by atomic mass is 32.2. The molecule has 20 heavy (non-hydrogen) atoms. The minimum absolute atomic E-state index is 0.304. The number of halogens is 2. The lowest BCUT2D eigenvalue weighted by molar-refractivity contribution is 0.0678. The van der Waals surface area contributed by atoms with Gasteiger partial charge in [0, 0.05) is 19.4 Å². The van der Waals surface area contributed by atoms with Crippen molar-refractivity contribution in [3.8, 4) is 0 Å². The van der Waals surface area contributed by atoms with Crippen LogP contribution in [-0.2, 0) is 12.8 Å². The van der Waals surface area contributed by atoms with Crippen molar-refractivity contribution in [1.29, 1.82) is 0 Å². The molecule has 104 valence electrons. The second kappa shape index (κ2) is 5.16. The second-order valence-corrected chi connectivity index (χ2v) is 4.97. The van der Waals surface area contributed by atoms with Crippen LogP contribution in [0.3, 0.4) is 0 Å². The number of hydrogen-bond donors (Lipinski definition) is 0. The lowest BCUT2D eigenvalue weighted by Gasteiger charge is -2.06. The Hall–Kier alpha value is -2.03. The Kier molecular flexibility index (Phi) is 3.35. The average molecular weight is 296 g/mol. The Morgan fingerprint density at radius 1 is 1.30 bits per heavy atom. The van der Waals surface area contributed by atoms with Crippen LogP contribution >= 0.6 is 11.8 Å². The van der Waals surface area contributed by atoms with Gasteiger partial charge in [-0.2, -0.15) is 13.9 Å². The number of fused-ring (bicyclic) bond motifs is 1. The standard InChI is InChI=1S/C11H10F2N6S/c1-18-9-7(4-17-18)10(16-6-15-9)20-5-8-14-2-3-19(8)11(12)13/h2-4,6,11H,5H2,1H3. The molecular formula is C11H10F2N6S. The maximum Gasteiger partial charge on any atom is 0.319 e. The van der Waals surface area contributed by atoms with E-state index in [9.17, 15) is 8.78 Å². The molecule has 0 fully saturated rings. The van der Waals surface area contributed by atoms with E-state index in [1.165, 1.54) is 30.5 Å². The third-order valence-electron chi connectivity index (χ3n) is 2.79. The number of alkyl halides is 2. The van der Waals surface area contributed by atoms with Gasteiger partial charge in [0.25, 0.3) is 0 Å². The van der Waals surface area contributed by atoms with Gasteiger partial charge >= 0.3 is 6.55 Å². The first-order valence-corrected chi connectivity index (χ1v) is 6.70. The van der Waals surface area contributed by atoms with Gasteiger partial charge in [0.15, 0.2) is 5.65 Å². The summed E-state index contributed by atoms with van der Waals surface area (Å²) in [7, 11) is 1.79. The molecular weight excluding hydrogens is 286 g/mol. The van der Waals surface area contributed by atoms with E-state index < -0.39 is 6.55 Å². The average Bonchev–Trinajstić information content (AvgIpc) is 3.04. The third kappa shape index (κ3) is 2.24. The van der Waals surface area contributed by atoms with Gasteiger partial charge in [0.2, 0.25) is 0 Å². The Morgan fingerprint density at radius 2 is 2.15 bits per heavy atom. The molecule has 0 aliphatic heterocycles. The maximum absolute atomic E-state index is 12.7. The molecule has 0 saturated heterocycles. The van der Waals surface area contributed by atoms with Crippen molar-refractivity contribution in [2.24, 2.45) is 7.05 Å². The number of rotatable bonds is 4. The predicted octanol–water partition coefficient (Wildman–Crippen LogP) is 2.25. The van der Waals surface area contributed by atoms with Crippen LogP contribution in [0.2, 0.25) is 0 Å². The molecule has 0 aliphatic carbocycles. The Morgan fingerprint density at radius 3 is 2.95 bits per heavy atom. The lowest BCUT2D eigenvalue weighted by Crippen LogP contribution is -2.02. The van der Waals surface area contributed by atoms with Gasteiger partial charge in [-0.05, 0) is 0 Å². The highest BCUT2D eigenvalue weighted by Gasteiger charge is 2.13. The fourth-order valence-corrected chi connectivity index (χ4v) is 2.73. The zero-order chi connectivity index (χ0) is 14.1. The van der Waals surface area contributed by atoms with Gasteiger partial charge in [-0.15, -0.1) is 0 Å². The van der Waals surface area contributed by atoms with Crippen LogP contribution in [0, 0.1) is 0 Å². The Balaban J connectivity index is 1.85. The topological polar surface area (TPSA) is 61.4 Å². The summed E-state index contributed by atoms with van der Waals surface area (Å²) >= 11 is 1.33. The van der Waals surface area contributed by atoms with Crippen LogP contribution in [-0.4, -0.2) is 29.3 Å². The molecule has 0 aliphatic rings. The number of aromatic nitrogens is 6. The van der Waals surface area contributed by atoms with E-state index in [1.807, 2.05) is 0 Å². The van der Waals surface area contributed by atoms with Gasteiger partial charge in [-0.25, -0.2) is 15.0 Å². The van der Waals surface area contributed by atoms with Gasteiger partial charge < -0.3 is 0 Å². The van der Waals surface area contributed by atoms with Crippen LogP contribution in [0.5, 0.6) is 0 Å². The summed E-state index contributed by atoms with van der Waals surface area (Å²) in [4.78, 5) is 12.2. The molecule has 3 aromatic rings. The van der Waals surface area contributed by atoms with Crippen molar-refractivity contribution < 1.29 is 8.78 Å². The quantitative estimate of drug-likeness (QED) is 0.546. The number of hydrogen-bond acceptors (Lipinski definition) is 5. The molecule has 0 spiro atoms. The van der Waals surface area contributed by atoms with Crippen molar-refractivity contribution in [3.05, 3.63) is 30.7 Å². The van der Waals surface area contributed by atoms with Crippen LogP contribution in [0.25, 0.3) is 11.0 Å². The maximum atomic E-state index is 12.7. The molecule has 3 aromatic heterocycles. The van der Waals surface area contributed by atoms with Crippen LogP contribution in [0.15, 0.2) is 29.9 Å². The fraction of sp³-hybridized carbons (Fsp3) is 0.273. The smallest absolute Gasteiger partial charge is 0.277 e. The molecule has 0 unspecified atom stereocenters. The molecule has 0 radical (unpaired) electrons. The lowest BCUT2D eigenvalue weighted by atomic mass is 10.4. The molecule has 0 amide bonds. The highest BCUT2D eigenvalue weighted by molar-refractivity contribution is 7.98. The monoisotopic (exact) mass is 296 g/mol. The Labute approximate surface area is 116 Å². The van der Waals surface area contributed by atoms with Crippen molar-refractivity contribution in [2.75, 3.05) is 0 Å². The van der Waals surface area contributed by atoms with Gasteiger partial charge in [-0.3, -0.25) is 9.25 Å². The molecule has 9 heteroatoms. The SMILES string of the molecule is Cn1ncc2c(SCc3nccn3C(F)F)ncnc21. The van der Waals surface area contributed by atoms with E-state index in [0.717, 1.165) is 9.95 Å². The summed E-state index contributed by atoms with van der Waals surface area (Å²) in [6.45, 7) is -2.59. The minimum atomic E-state index is -2.59. The molecule has 0 bridgehead atoms. The first-order chi connectivity index (χ1) is 9.66. The predicted molar refractivity (Wildman–Crippen MR) is 69.3 cm³/mol. The van der Waals surface area contributed by atoms with E-state index in [4.69, 9.17) is 0 Å². The summed E-state index contributed by atoms with van der Waals surface area (Å²) in [6.07, 6.45) is 5.73. The summed E-state index contributed by atoms with van der Waals surface area (Å²) in [5, 5.41) is 5.61. The van der Waals surface area contributed by atoms with Gasteiger partial charge in [0.05, 0.1) is 17.3 Å². The third-order valence-corrected chi connectivity index (χ3v) is 3.79. The molecule has 0 aromatic carbocycles. The zero-order valence-electron chi connectivity index (χ0n) is 10.4. The number of nitrogens with zero attached hydrogens (tertiary/aromatic N) is 6. The molecule has 6 nitrogen and oxygen atoms in total. The first-order valence-electron chi connectivity index (χ1n) is 5.72. The van der Waals surface area contributed by atoms with Gasteiger partial charge in [-0.1, -0.05) is 11.8 Å². The van der Waals surface area contributed by atoms with Crippen molar-refractivity contribution in [1.82, 2.24) is 29.3 Å². The normalized spacial score (nSPS) is 11.6. The zero-order valence-corrected chi connectivity index (χ0v) is 11.3. The van der Waals surface area contributed by atoms with Crippen LogP contribution < -0.4 is 0 Å². The highest BCUT2D eigenvalue weighted by Crippen LogP contribution is 2.27. The Bertz CT molecular complexity index is 737. The van der Waals surface area contributed by atoms with Crippen LogP contribution in [0.4, 0.5) is 8.78 Å². The molecule has 0 saturated carbocycles. The first kappa shape index (κ1) is 13.0. The molecule has 3 heterocycles. The van der Waals surface area contributed by atoms with E-state index in [-0.39, 0.29) is 0 Å². The van der Waals surface area contributed by atoms with E-state index in [1.54, 1.807) is 17.9 Å².